The number of ether oxygens (including phenoxy) is 1. The summed E-state index contributed by atoms with van der Waals surface area (Å²) in [6.45, 7) is 2.10. The number of halogens is 1. The lowest BCUT2D eigenvalue weighted by atomic mass is 10.0. The molecule has 1 heterocycles. The maximum Gasteiger partial charge on any atom is 0.135 e. The van der Waals surface area contributed by atoms with Gasteiger partial charge in [0.25, 0.3) is 0 Å². The fourth-order valence-electron chi connectivity index (χ4n) is 2.45. The third kappa shape index (κ3) is 2.53. The lowest BCUT2D eigenvalue weighted by molar-refractivity contribution is 0.0363. The Kier molecular flexibility index (Phi) is 3.32. The molecule has 2 aromatic rings. The monoisotopic (exact) mass is 257 g/mol. The van der Waals surface area contributed by atoms with Gasteiger partial charge in [-0.05, 0) is 30.2 Å². The van der Waals surface area contributed by atoms with Crippen LogP contribution in [0, 0.1) is 5.82 Å². The summed E-state index contributed by atoms with van der Waals surface area (Å²) in [5.41, 5.74) is 2.11. The van der Waals surface area contributed by atoms with Crippen LogP contribution in [0.5, 0.6) is 0 Å². The lowest BCUT2D eigenvalue weighted by Gasteiger charge is -2.14. The Hall–Kier alpha value is -1.71. The van der Waals surface area contributed by atoms with E-state index in [2.05, 4.69) is 24.4 Å². The van der Waals surface area contributed by atoms with Gasteiger partial charge in [-0.15, -0.1) is 0 Å². The molecule has 0 radical (unpaired) electrons. The summed E-state index contributed by atoms with van der Waals surface area (Å²) in [6.07, 6.45) is -0.156. The molecule has 98 valence electrons. The zero-order valence-electron chi connectivity index (χ0n) is 10.7. The van der Waals surface area contributed by atoms with E-state index in [0.29, 0.717) is 0 Å². The van der Waals surface area contributed by atoms with Crippen LogP contribution < -0.4 is 5.32 Å². The maximum atomic E-state index is 12.9. The van der Waals surface area contributed by atoms with Crippen molar-refractivity contribution in [1.82, 2.24) is 5.32 Å². The second-order valence-corrected chi connectivity index (χ2v) is 4.85. The molecule has 1 N–H and O–H groups in total. The second kappa shape index (κ2) is 5.11. The summed E-state index contributed by atoms with van der Waals surface area (Å²) in [5, 5.41) is 3.39. The molecule has 0 aliphatic carbocycles. The van der Waals surface area contributed by atoms with Gasteiger partial charge in [-0.2, -0.15) is 0 Å². The predicted molar refractivity (Wildman–Crippen MR) is 72.0 cm³/mol. The molecule has 1 saturated heterocycles. The minimum atomic E-state index is -0.227. The lowest BCUT2D eigenvalue weighted by Crippen LogP contribution is -2.23. The van der Waals surface area contributed by atoms with Crippen molar-refractivity contribution in [3.05, 3.63) is 71.5 Å². The van der Waals surface area contributed by atoms with Gasteiger partial charge in [-0.25, -0.2) is 4.39 Å². The standard InChI is InChI=1S/C16H16FNO/c1-11-15(12-5-3-2-4-6-12)19-16(18-11)13-7-9-14(17)10-8-13/h2-11,15-16,18H,1H3/t11-,15+,16-/m1/s1. The molecule has 1 aliphatic heterocycles. The highest BCUT2D eigenvalue weighted by atomic mass is 19.1. The van der Waals surface area contributed by atoms with Crippen molar-refractivity contribution in [3.8, 4) is 0 Å². The van der Waals surface area contributed by atoms with Crippen molar-refractivity contribution in [2.24, 2.45) is 0 Å². The normalized spacial score (nSPS) is 26.5. The fraction of sp³-hybridized carbons (Fsp3) is 0.250. The molecule has 0 unspecified atom stereocenters. The topological polar surface area (TPSA) is 21.3 Å². The molecule has 0 spiro atoms. The fourth-order valence-corrected chi connectivity index (χ4v) is 2.45. The molecule has 3 atom stereocenters. The van der Waals surface area contributed by atoms with Crippen LogP contribution in [0.4, 0.5) is 4.39 Å². The average Bonchev–Trinajstić information content (AvgIpc) is 2.83. The Bertz CT molecular complexity index is 540. The number of hydrogen-bond acceptors (Lipinski definition) is 2. The highest BCUT2D eigenvalue weighted by Gasteiger charge is 2.33. The first kappa shape index (κ1) is 12.3. The molecule has 19 heavy (non-hydrogen) atoms. The van der Waals surface area contributed by atoms with E-state index in [-0.39, 0.29) is 24.2 Å². The molecule has 0 saturated carbocycles. The van der Waals surface area contributed by atoms with Gasteiger partial charge in [0.2, 0.25) is 0 Å². The Labute approximate surface area is 112 Å². The van der Waals surface area contributed by atoms with E-state index in [4.69, 9.17) is 4.74 Å². The van der Waals surface area contributed by atoms with Crippen molar-refractivity contribution >= 4 is 0 Å². The summed E-state index contributed by atoms with van der Waals surface area (Å²) >= 11 is 0. The predicted octanol–water partition coefficient (Wildman–Crippen LogP) is 3.57. The number of benzene rings is 2. The number of hydrogen-bond donors (Lipinski definition) is 1. The first-order valence-corrected chi connectivity index (χ1v) is 6.46. The molecule has 1 fully saturated rings. The molecule has 2 aromatic carbocycles. The molecule has 1 aliphatic rings. The van der Waals surface area contributed by atoms with Crippen molar-refractivity contribution in [1.29, 1.82) is 0 Å². The van der Waals surface area contributed by atoms with Crippen LogP contribution in [-0.2, 0) is 4.74 Å². The zero-order valence-corrected chi connectivity index (χ0v) is 10.7. The van der Waals surface area contributed by atoms with Gasteiger partial charge in [-0.3, -0.25) is 5.32 Å². The Morgan fingerprint density at radius 3 is 2.32 bits per heavy atom. The average molecular weight is 257 g/mol. The minimum absolute atomic E-state index is 0.0243. The van der Waals surface area contributed by atoms with Crippen LogP contribution in [0.2, 0.25) is 0 Å². The number of rotatable bonds is 2. The minimum Gasteiger partial charge on any atom is -0.350 e. The van der Waals surface area contributed by atoms with E-state index in [9.17, 15) is 4.39 Å². The van der Waals surface area contributed by atoms with E-state index >= 15 is 0 Å². The van der Waals surface area contributed by atoms with Gasteiger partial charge >= 0.3 is 0 Å². The van der Waals surface area contributed by atoms with Crippen LogP contribution in [0.1, 0.15) is 30.4 Å². The SMILES string of the molecule is C[C@H]1N[C@@H](c2ccc(F)cc2)O[C@@H]1c1ccccc1. The van der Waals surface area contributed by atoms with E-state index in [1.165, 1.54) is 12.1 Å². The van der Waals surface area contributed by atoms with Crippen molar-refractivity contribution < 1.29 is 9.13 Å². The smallest absolute Gasteiger partial charge is 0.135 e. The zero-order chi connectivity index (χ0) is 13.2. The molecule has 0 aromatic heterocycles. The van der Waals surface area contributed by atoms with Crippen LogP contribution in [0.3, 0.4) is 0 Å². The van der Waals surface area contributed by atoms with Gasteiger partial charge in [0.15, 0.2) is 0 Å². The van der Waals surface area contributed by atoms with Gasteiger partial charge in [0.05, 0.1) is 0 Å². The largest absolute Gasteiger partial charge is 0.350 e. The number of nitrogens with one attached hydrogen (secondary N) is 1. The van der Waals surface area contributed by atoms with Gasteiger partial charge in [0.1, 0.15) is 18.1 Å². The van der Waals surface area contributed by atoms with Crippen LogP contribution in [-0.4, -0.2) is 6.04 Å². The van der Waals surface area contributed by atoms with Crippen LogP contribution >= 0.6 is 0 Å². The van der Waals surface area contributed by atoms with Crippen LogP contribution in [0.15, 0.2) is 54.6 Å². The van der Waals surface area contributed by atoms with E-state index < -0.39 is 0 Å². The molecule has 3 rings (SSSR count). The Balaban J connectivity index is 1.80. The van der Waals surface area contributed by atoms with Gasteiger partial charge < -0.3 is 4.74 Å². The van der Waals surface area contributed by atoms with Crippen molar-refractivity contribution in [3.63, 3.8) is 0 Å². The molecule has 0 bridgehead atoms. The first-order chi connectivity index (χ1) is 9.24. The highest BCUT2D eigenvalue weighted by molar-refractivity contribution is 5.23. The maximum absolute atomic E-state index is 12.9. The summed E-state index contributed by atoms with van der Waals surface area (Å²) in [6, 6.07) is 16.8. The van der Waals surface area contributed by atoms with Crippen molar-refractivity contribution in [2.75, 3.05) is 0 Å². The molecule has 3 heteroatoms. The summed E-state index contributed by atoms with van der Waals surface area (Å²) in [5.74, 6) is -0.227. The van der Waals surface area contributed by atoms with Crippen molar-refractivity contribution in [2.45, 2.75) is 25.3 Å². The van der Waals surface area contributed by atoms with Gasteiger partial charge in [-0.1, -0.05) is 42.5 Å². The summed E-state index contributed by atoms with van der Waals surface area (Å²) in [4.78, 5) is 0. The van der Waals surface area contributed by atoms with E-state index in [0.717, 1.165) is 11.1 Å². The third-order valence-electron chi connectivity index (χ3n) is 3.45. The Morgan fingerprint density at radius 2 is 1.63 bits per heavy atom. The molecular weight excluding hydrogens is 241 g/mol. The Morgan fingerprint density at radius 1 is 0.947 bits per heavy atom. The molecular formula is C16H16FNO. The third-order valence-corrected chi connectivity index (χ3v) is 3.45. The molecule has 0 amide bonds. The quantitative estimate of drug-likeness (QED) is 0.888. The first-order valence-electron chi connectivity index (χ1n) is 6.46. The highest BCUT2D eigenvalue weighted by Crippen LogP contribution is 2.34. The van der Waals surface area contributed by atoms with Crippen LogP contribution in [0.25, 0.3) is 0 Å². The van der Waals surface area contributed by atoms with Gasteiger partial charge in [0, 0.05) is 6.04 Å². The molecule has 2 nitrogen and oxygen atoms in total. The summed E-state index contributed by atoms with van der Waals surface area (Å²) in [7, 11) is 0. The van der Waals surface area contributed by atoms with E-state index in [1.807, 2.05) is 18.2 Å². The second-order valence-electron chi connectivity index (χ2n) is 4.85. The summed E-state index contributed by atoms with van der Waals surface area (Å²) < 4.78 is 19.0. The van der Waals surface area contributed by atoms with E-state index in [1.54, 1.807) is 12.1 Å².